The summed E-state index contributed by atoms with van der Waals surface area (Å²) in [5.74, 6) is 0.483. The van der Waals surface area contributed by atoms with Gasteiger partial charge < -0.3 is 18.8 Å². The van der Waals surface area contributed by atoms with Gasteiger partial charge in [0.2, 0.25) is 0 Å². The number of thiazole rings is 1. The molecule has 0 saturated heterocycles. The first-order chi connectivity index (χ1) is 21.0. The number of fused-ring (bicyclic) bond motifs is 2. The molecule has 0 N–H and O–H groups in total. The van der Waals surface area contributed by atoms with Crippen molar-refractivity contribution in [2.45, 2.75) is 26.4 Å². The predicted octanol–water partition coefficient (Wildman–Crippen LogP) is 4.93. The highest BCUT2D eigenvalue weighted by atomic mass is 32.1. The smallest absolute Gasteiger partial charge is 0.338 e. The Labute approximate surface area is 252 Å². The normalized spacial score (nSPS) is 14.9. The van der Waals surface area contributed by atoms with Gasteiger partial charge in [0.1, 0.15) is 0 Å². The van der Waals surface area contributed by atoms with E-state index >= 15 is 0 Å². The van der Waals surface area contributed by atoms with E-state index in [1.807, 2.05) is 54.6 Å². The van der Waals surface area contributed by atoms with Gasteiger partial charge in [0.05, 0.1) is 42.7 Å². The van der Waals surface area contributed by atoms with Crippen LogP contribution in [-0.2, 0) is 16.1 Å². The lowest BCUT2D eigenvalue weighted by atomic mass is 9.93. The summed E-state index contributed by atoms with van der Waals surface area (Å²) in [6, 6.07) is 22.2. The summed E-state index contributed by atoms with van der Waals surface area (Å²) in [5.41, 5.74) is 3.96. The van der Waals surface area contributed by atoms with Gasteiger partial charge in [-0.2, -0.15) is 0 Å². The number of methoxy groups -OCH3 is 2. The Hall–Kier alpha value is -4.89. The van der Waals surface area contributed by atoms with Crippen LogP contribution in [0.2, 0.25) is 0 Å². The van der Waals surface area contributed by atoms with Crippen LogP contribution >= 0.6 is 11.3 Å². The van der Waals surface area contributed by atoms with Gasteiger partial charge in [-0.3, -0.25) is 9.36 Å². The predicted molar refractivity (Wildman–Crippen MR) is 168 cm³/mol. The molecule has 6 rings (SSSR count). The van der Waals surface area contributed by atoms with Crippen molar-refractivity contribution < 1.29 is 19.0 Å². The second-order valence-electron chi connectivity index (χ2n) is 9.93. The highest BCUT2D eigenvalue weighted by Crippen LogP contribution is 2.38. The molecule has 9 heteroatoms. The van der Waals surface area contributed by atoms with Gasteiger partial charge >= 0.3 is 5.97 Å². The Balaban J connectivity index is 1.66. The lowest BCUT2D eigenvalue weighted by Crippen LogP contribution is -2.40. The maximum atomic E-state index is 14.3. The number of rotatable bonds is 8. The number of benzene rings is 3. The number of aromatic nitrogens is 2. The van der Waals surface area contributed by atoms with Gasteiger partial charge in [0.25, 0.3) is 5.56 Å². The van der Waals surface area contributed by atoms with Crippen molar-refractivity contribution in [2.24, 2.45) is 4.99 Å². The molecule has 0 spiro atoms. The Morgan fingerprint density at radius 2 is 1.72 bits per heavy atom. The molecule has 0 bridgehead atoms. The molecule has 218 valence electrons. The van der Waals surface area contributed by atoms with Crippen molar-refractivity contribution in [2.75, 3.05) is 20.8 Å². The first-order valence-corrected chi connectivity index (χ1v) is 14.9. The molecule has 1 aliphatic heterocycles. The number of aryl methyl sites for hydroxylation is 1. The van der Waals surface area contributed by atoms with E-state index in [1.165, 1.54) is 11.3 Å². The zero-order valence-corrected chi connectivity index (χ0v) is 25.2. The maximum absolute atomic E-state index is 14.3. The fourth-order valence-corrected chi connectivity index (χ4v) is 6.56. The average molecular weight is 594 g/mol. The molecule has 3 heterocycles. The molecule has 1 aliphatic rings. The molecule has 8 nitrogen and oxygen atoms in total. The molecule has 3 aromatic carbocycles. The van der Waals surface area contributed by atoms with Crippen molar-refractivity contribution >= 4 is 40.0 Å². The molecule has 5 aromatic rings. The lowest BCUT2D eigenvalue weighted by molar-refractivity contribution is -0.138. The van der Waals surface area contributed by atoms with Gasteiger partial charge in [-0.15, -0.1) is 0 Å². The fourth-order valence-electron chi connectivity index (χ4n) is 5.57. The highest BCUT2D eigenvalue weighted by Gasteiger charge is 2.35. The van der Waals surface area contributed by atoms with Crippen molar-refractivity contribution in [1.29, 1.82) is 0 Å². The third kappa shape index (κ3) is 4.95. The Morgan fingerprint density at radius 1 is 0.977 bits per heavy atom. The minimum atomic E-state index is -0.815. The first-order valence-electron chi connectivity index (χ1n) is 14.1. The first kappa shape index (κ1) is 28.2. The summed E-state index contributed by atoms with van der Waals surface area (Å²) < 4.78 is 20.9. The van der Waals surface area contributed by atoms with Crippen LogP contribution in [0.3, 0.4) is 0 Å². The van der Waals surface area contributed by atoms with Gasteiger partial charge in [-0.1, -0.05) is 65.9 Å². The van der Waals surface area contributed by atoms with Crippen LogP contribution in [0.4, 0.5) is 0 Å². The van der Waals surface area contributed by atoms with E-state index in [2.05, 4.69) is 29.8 Å². The average Bonchev–Trinajstić information content (AvgIpc) is 3.56. The standard InChI is InChI=1S/C34H31N3O5S/c1-5-36-20-23(24-14-10-11-15-25(24)36)19-28-32(38)37-31(22-16-17-26(40-3)27(18-22)41-4)29(33(39)42-6-2)30(35-34(37)43-28)21-12-8-7-9-13-21/h7-20,31H,5-6H2,1-4H3/b28-19-/t31-/m0/s1. The van der Waals surface area contributed by atoms with Crippen LogP contribution in [0.25, 0.3) is 22.7 Å². The van der Waals surface area contributed by atoms with E-state index in [0.717, 1.165) is 28.6 Å². The SMILES string of the molecule is CCOC(=O)C1=C(c2ccccc2)N=c2s/c(=C\c3cn(CC)c4ccccc34)c(=O)n2[C@H]1c1ccc(OC)c(OC)c1. The van der Waals surface area contributed by atoms with E-state index in [0.29, 0.717) is 32.1 Å². The zero-order chi connectivity index (χ0) is 30.1. The molecule has 1 atom stereocenters. The second kappa shape index (κ2) is 11.8. The summed E-state index contributed by atoms with van der Waals surface area (Å²) in [6.07, 6.45) is 3.98. The molecule has 43 heavy (non-hydrogen) atoms. The molecule has 0 saturated carbocycles. The number of carbonyl (C=O) groups excluding carboxylic acids is 1. The van der Waals surface area contributed by atoms with Crippen LogP contribution in [0.5, 0.6) is 11.5 Å². The number of hydrogen-bond acceptors (Lipinski definition) is 7. The zero-order valence-electron chi connectivity index (χ0n) is 24.4. The van der Waals surface area contributed by atoms with Crippen LogP contribution < -0.4 is 24.4 Å². The Bertz CT molecular complexity index is 2050. The number of nitrogens with zero attached hydrogens (tertiary/aromatic N) is 3. The van der Waals surface area contributed by atoms with E-state index in [4.69, 9.17) is 19.2 Å². The minimum absolute atomic E-state index is 0.176. The summed E-state index contributed by atoms with van der Waals surface area (Å²) in [5, 5.41) is 1.06. The number of carbonyl (C=O) groups is 1. The number of ether oxygens (including phenoxy) is 3. The van der Waals surface area contributed by atoms with Crippen LogP contribution in [0, 0.1) is 0 Å². The molecule has 0 aliphatic carbocycles. The van der Waals surface area contributed by atoms with Crippen LogP contribution in [-0.4, -0.2) is 35.9 Å². The molecule has 0 amide bonds. The van der Waals surface area contributed by atoms with E-state index in [1.54, 1.807) is 37.8 Å². The number of hydrogen-bond donors (Lipinski definition) is 0. The van der Waals surface area contributed by atoms with Crippen LogP contribution in [0.1, 0.15) is 36.6 Å². The number of esters is 1. The van der Waals surface area contributed by atoms with Crippen LogP contribution in [0.15, 0.2) is 94.4 Å². The van der Waals surface area contributed by atoms with Crippen molar-refractivity contribution in [3.8, 4) is 11.5 Å². The quantitative estimate of drug-likeness (QED) is 0.239. The van der Waals surface area contributed by atoms with E-state index in [9.17, 15) is 9.59 Å². The third-order valence-electron chi connectivity index (χ3n) is 7.54. The lowest BCUT2D eigenvalue weighted by Gasteiger charge is -2.26. The largest absolute Gasteiger partial charge is 0.493 e. The van der Waals surface area contributed by atoms with E-state index < -0.39 is 12.0 Å². The van der Waals surface area contributed by atoms with Crippen molar-refractivity contribution in [3.63, 3.8) is 0 Å². The second-order valence-corrected chi connectivity index (χ2v) is 10.9. The van der Waals surface area contributed by atoms with Gasteiger partial charge in [-0.05, 0) is 43.7 Å². The molecule has 0 unspecified atom stereocenters. The Kier molecular flexibility index (Phi) is 7.73. The molecular formula is C34H31N3O5S. The highest BCUT2D eigenvalue weighted by molar-refractivity contribution is 7.07. The molecule has 2 aromatic heterocycles. The van der Waals surface area contributed by atoms with Gasteiger partial charge in [0.15, 0.2) is 16.3 Å². The third-order valence-corrected chi connectivity index (χ3v) is 8.53. The van der Waals surface area contributed by atoms with Gasteiger partial charge in [0, 0.05) is 34.8 Å². The molecule has 0 fully saturated rings. The number of para-hydroxylation sites is 1. The molecule has 0 radical (unpaired) electrons. The van der Waals surface area contributed by atoms with Crippen molar-refractivity contribution in [3.05, 3.63) is 121 Å². The maximum Gasteiger partial charge on any atom is 0.338 e. The topological polar surface area (TPSA) is 84.1 Å². The minimum Gasteiger partial charge on any atom is -0.493 e. The van der Waals surface area contributed by atoms with Crippen molar-refractivity contribution in [1.82, 2.24) is 9.13 Å². The van der Waals surface area contributed by atoms with E-state index in [-0.39, 0.29) is 17.7 Å². The summed E-state index contributed by atoms with van der Waals surface area (Å²) in [7, 11) is 3.12. The summed E-state index contributed by atoms with van der Waals surface area (Å²) in [4.78, 5) is 33.5. The summed E-state index contributed by atoms with van der Waals surface area (Å²) >= 11 is 1.30. The Morgan fingerprint density at radius 3 is 2.44 bits per heavy atom. The molecular weight excluding hydrogens is 562 g/mol. The fraction of sp³-hybridized carbons (Fsp3) is 0.206. The monoisotopic (exact) mass is 593 g/mol. The summed E-state index contributed by atoms with van der Waals surface area (Å²) in [6.45, 7) is 4.83. The van der Waals surface area contributed by atoms with Gasteiger partial charge in [-0.25, -0.2) is 9.79 Å².